The van der Waals surface area contributed by atoms with Crippen molar-refractivity contribution in [2.24, 2.45) is 0 Å². The van der Waals surface area contributed by atoms with Crippen LogP contribution < -0.4 is 0 Å². The highest BCUT2D eigenvalue weighted by molar-refractivity contribution is 9.12. The third kappa shape index (κ3) is 3.51. The van der Waals surface area contributed by atoms with Gasteiger partial charge in [0, 0.05) is 16.5 Å². The van der Waals surface area contributed by atoms with Gasteiger partial charge in [0.15, 0.2) is 5.78 Å². The van der Waals surface area contributed by atoms with Crippen LogP contribution in [0.2, 0.25) is 0 Å². The largest absolute Gasteiger partial charge is 0.294 e. The summed E-state index contributed by atoms with van der Waals surface area (Å²) in [5, 5.41) is 2.84. The van der Waals surface area contributed by atoms with E-state index in [2.05, 4.69) is 36.8 Å². The van der Waals surface area contributed by atoms with Crippen molar-refractivity contribution in [3.8, 4) is 11.3 Å². The summed E-state index contributed by atoms with van der Waals surface area (Å²) in [6.07, 6.45) is 0.333. The molecule has 2 aromatic heterocycles. The maximum absolute atomic E-state index is 12.3. The predicted octanol–water partition coefficient (Wildman–Crippen LogP) is 5.82. The molecule has 2 heterocycles. The summed E-state index contributed by atoms with van der Waals surface area (Å²) in [6, 6.07) is 11.8. The number of carbonyl (C=O) groups is 1. The van der Waals surface area contributed by atoms with Crippen molar-refractivity contribution in [2.45, 2.75) is 6.42 Å². The summed E-state index contributed by atoms with van der Waals surface area (Å²) in [6.45, 7) is 0. The second-order valence-corrected chi connectivity index (χ2v) is 9.02. The Bertz CT molecular complexity index is 780. The third-order valence-electron chi connectivity index (χ3n) is 2.89. The first-order valence-corrected chi connectivity index (χ1v) is 9.39. The lowest BCUT2D eigenvalue weighted by Crippen LogP contribution is -2.02. The second-order valence-electron chi connectivity index (χ2n) is 4.33. The van der Waals surface area contributed by atoms with Crippen molar-refractivity contribution in [3.63, 3.8) is 0 Å². The van der Waals surface area contributed by atoms with E-state index in [0.29, 0.717) is 12.0 Å². The Kier molecular flexibility index (Phi) is 4.69. The summed E-state index contributed by atoms with van der Waals surface area (Å²) in [4.78, 5) is 16.9. The topological polar surface area (TPSA) is 30.0 Å². The molecular formula is C15H9Br2NOS2. The summed E-state index contributed by atoms with van der Waals surface area (Å²) >= 11 is 9.85. The van der Waals surface area contributed by atoms with Crippen LogP contribution in [0.25, 0.3) is 11.3 Å². The molecule has 2 nitrogen and oxygen atoms in total. The summed E-state index contributed by atoms with van der Waals surface area (Å²) in [5.74, 6) is 0.0813. The first-order chi connectivity index (χ1) is 10.1. The average Bonchev–Trinajstić information content (AvgIpc) is 3.06. The van der Waals surface area contributed by atoms with Gasteiger partial charge in [-0.05, 0) is 37.9 Å². The van der Waals surface area contributed by atoms with Gasteiger partial charge in [-0.15, -0.1) is 22.7 Å². The van der Waals surface area contributed by atoms with Crippen LogP contribution in [-0.2, 0) is 6.42 Å². The van der Waals surface area contributed by atoms with E-state index in [9.17, 15) is 4.79 Å². The molecule has 3 aromatic rings. The Balaban J connectivity index is 1.79. The van der Waals surface area contributed by atoms with E-state index in [-0.39, 0.29) is 5.78 Å². The summed E-state index contributed by atoms with van der Waals surface area (Å²) < 4.78 is 1.81. The van der Waals surface area contributed by atoms with Gasteiger partial charge in [-0.3, -0.25) is 4.79 Å². The molecule has 21 heavy (non-hydrogen) atoms. The molecule has 0 unspecified atom stereocenters. The van der Waals surface area contributed by atoms with E-state index in [1.54, 1.807) is 0 Å². The lowest BCUT2D eigenvalue weighted by atomic mass is 10.1. The highest BCUT2D eigenvalue weighted by atomic mass is 79.9. The molecule has 0 spiro atoms. The molecule has 0 radical (unpaired) electrons. The zero-order valence-corrected chi connectivity index (χ0v) is 15.5. The monoisotopic (exact) mass is 441 g/mol. The van der Waals surface area contributed by atoms with E-state index in [0.717, 1.165) is 23.8 Å². The predicted molar refractivity (Wildman–Crippen MR) is 95.3 cm³/mol. The van der Waals surface area contributed by atoms with Gasteiger partial charge in [0.05, 0.1) is 19.7 Å². The second kappa shape index (κ2) is 6.52. The van der Waals surface area contributed by atoms with Crippen LogP contribution >= 0.6 is 54.5 Å². The fourth-order valence-corrected chi connectivity index (χ4v) is 5.55. The lowest BCUT2D eigenvalue weighted by molar-refractivity contribution is 0.0992. The molecule has 0 fully saturated rings. The fourth-order valence-electron chi connectivity index (χ4n) is 1.90. The van der Waals surface area contributed by atoms with Gasteiger partial charge in [0.2, 0.25) is 0 Å². The number of aromatic nitrogens is 1. The zero-order valence-electron chi connectivity index (χ0n) is 10.7. The Morgan fingerprint density at radius 2 is 1.95 bits per heavy atom. The van der Waals surface area contributed by atoms with E-state index < -0.39 is 0 Å². The quantitative estimate of drug-likeness (QED) is 0.476. The SMILES string of the molecule is O=C(Cc1nc(-c2ccccc2)cs1)c1cc(Br)sc1Br. The Morgan fingerprint density at radius 3 is 2.62 bits per heavy atom. The van der Waals surface area contributed by atoms with Gasteiger partial charge < -0.3 is 0 Å². The molecule has 0 saturated carbocycles. The number of ketones is 1. The summed E-state index contributed by atoms with van der Waals surface area (Å²) in [5.41, 5.74) is 2.71. The maximum atomic E-state index is 12.3. The van der Waals surface area contributed by atoms with Crippen molar-refractivity contribution < 1.29 is 4.79 Å². The van der Waals surface area contributed by atoms with Crippen LogP contribution in [0.4, 0.5) is 0 Å². The van der Waals surface area contributed by atoms with E-state index in [1.807, 2.05) is 41.8 Å². The Morgan fingerprint density at radius 1 is 1.19 bits per heavy atom. The molecule has 1 aromatic carbocycles. The number of thiazole rings is 1. The first kappa shape index (κ1) is 15.1. The van der Waals surface area contributed by atoms with E-state index in [1.165, 1.54) is 22.7 Å². The van der Waals surface area contributed by atoms with Crippen molar-refractivity contribution in [1.29, 1.82) is 0 Å². The van der Waals surface area contributed by atoms with Gasteiger partial charge in [-0.1, -0.05) is 30.3 Å². The molecule has 106 valence electrons. The minimum Gasteiger partial charge on any atom is -0.294 e. The molecule has 6 heteroatoms. The number of benzene rings is 1. The van der Waals surface area contributed by atoms with Crippen LogP contribution in [0.15, 0.2) is 49.4 Å². The van der Waals surface area contributed by atoms with Gasteiger partial charge in [0.1, 0.15) is 5.01 Å². The Labute approximate surface area is 147 Å². The normalized spacial score (nSPS) is 10.8. The highest BCUT2D eigenvalue weighted by Crippen LogP contribution is 2.33. The van der Waals surface area contributed by atoms with Crippen molar-refractivity contribution >= 4 is 60.3 Å². The van der Waals surface area contributed by atoms with Crippen molar-refractivity contribution in [3.05, 3.63) is 59.9 Å². The lowest BCUT2D eigenvalue weighted by Gasteiger charge is -1.97. The molecule has 0 aliphatic carbocycles. The molecule has 0 amide bonds. The number of halogens is 2. The molecule has 0 bridgehead atoms. The molecule has 0 saturated heterocycles. The number of Topliss-reactive ketones (excluding diaryl/α,β-unsaturated/α-hetero) is 1. The highest BCUT2D eigenvalue weighted by Gasteiger charge is 2.16. The molecule has 0 atom stereocenters. The standard InChI is InChI=1S/C15H9Br2NOS2/c16-13-6-10(15(17)21-13)12(19)7-14-18-11(8-20-14)9-4-2-1-3-5-9/h1-6,8H,7H2. The minimum absolute atomic E-state index is 0.0813. The van der Waals surface area contributed by atoms with Crippen LogP contribution in [0, 0.1) is 0 Å². The van der Waals surface area contributed by atoms with Crippen LogP contribution in [-0.4, -0.2) is 10.8 Å². The van der Waals surface area contributed by atoms with Crippen LogP contribution in [0.5, 0.6) is 0 Å². The average molecular weight is 443 g/mol. The number of carbonyl (C=O) groups excluding carboxylic acids is 1. The van der Waals surface area contributed by atoms with Gasteiger partial charge in [-0.2, -0.15) is 0 Å². The molecule has 3 rings (SSSR count). The molecule has 0 aliphatic heterocycles. The van der Waals surface area contributed by atoms with E-state index >= 15 is 0 Å². The number of hydrogen-bond donors (Lipinski definition) is 0. The van der Waals surface area contributed by atoms with Crippen molar-refractivity contribution in [2.75, 3.05) is 0 Å². The molecule has 0 N–H and O–H groups in total. The van der Waals surface area contributed by atoms with Crippen LogP contribution in [0.1, 0.15) is 15.4 Å². The number of nitrogens with zero attached hydrogens (tertiary/aromatic N) is 1. The summed E-state index contributed by atoms with van der Waals surface area (Å²) in [7, 11) is 0. The van der Waals surface area contributed by atoms with E-state index in [4.69, 9.17) is 0 Å². The third-order valence-corrected chi connectivity index (χ3v) is 6.08. The number of rotatable bonds is 4. The Hall–Kier alpha value is -0.820. The van der Waals surface area contributed by atoms with Crippen molar-refractivity contribution in [1.82, 2.24) is 4.98 Å². The van der Waals surface area contributed by atoms with Gasteiger partial charge >= 0.3 is 0 Å². The molecular weight excluding hydrogens is 434 g/mol. The fraction of sp³-hybridized carbons (Fsp3) is 0.0667. The van der Waals surface area contributed by atoms with Crippen LogP contribution in [0.3, 0.4) is 0 Å². The van der Waals surface area contributed by atoms with Gasteiger partial charge in [0.25, 0.3) is 0 Å². The smallest absolute Gasteiger partial charge is 0.171 e. The molecule has 0 aliphatic rings. The maximum Gasteiger partial charge on any atom is 0.171 e. The number of thiophene rings is 1. The minimum atomic E-state index is 0.0813. The first-order valence-electron chi connectivity index (χ1n) is 6.11. The zero-order chi connectivity index (χ0) is 14.8. The van der Waals surface area contributed by atoms with Gasteiger partial charge in [-0.25, -0.2) is 4.98 Å². The number of hydrogen-bond acceptors (Lipinski definition) is 4.